The van der Waals surface area contributed by atoms with Crippen molar-refractivity contribution in [1.29, 1.82) is 0 Å². The van der Waals surface area contributed by atoms with Crippen molar-refractivity contribution < 1.29 is 21.6 Å². The van der Waals surface area contributed by atoms with Crippen LogP contribution < -0.4 is 4.74 Å². The molecule has 0 heterocycles. The lowest BCUT2D eigenvalue weighted by Crippen LogP contribution is -2.32. The average Bonchev–Trinajstić information content (AvgIpc) is 2.78. The van der Waals surface area contributed by atoms with Gasteiger partial charge in [-0.3, -0.25) is 0 Å². The molecule has 0 spiro atoms. The summed E-state index contributed by atoms with van der Waals surface area (Å²) < 4.78 is 58.1. The highest BCUT2D eigenvalue weighted by Gasteiger charge is 2.33. The topological polar surface area (TPSA) is 80.8 Å². The van der Waals surface area contributed by atoms with Gasteiger partial charge in [-0.05, 0) is 53.9 Å². The Bertz CT molecular complexity index is 1140. The third-order valence-corrected chi connectivity index (χ3v) is 8.91. The molecule has 0 amide bonds. The summed E-state index contributed by atoms with van der Waals surface area (Å²) in [5.41, 5.74) is 0. The summed E-state index contributed by atoms with van der Waals surface area (Å²) in [7, 11) is -7.14. The molecule has 0 bridgehead atoms. The molecule has 3 aromatic rings. The van der Waals surface area contributed by atoms with Gasteiger partial charge in [-0.1, -0.05) is 48.2 Å². The average molecular weight is 462 g/mol. The van der Waals surface area contributed by atoms with Crippen LogP contribution in [0.3, 0.4) is 0 Å². The number of benzene rings is 3. The van der Waals surface area contributed by atoms with Crippen molar-refractivity contribution in [3.05, 3.63) is 96.5 Å². The summed E-state index contributed by atoms with van der Waals surface area (Å²) in [6.07, 6.45) is 1.06. The Balaban J connectivity index is 1.99. The van der Waals surface area contributed by atoms with Crippen molar-refractivity contribution in [2.45, 2.75) is 14.7 Å². The SMILES string of the molecule is COc1ccc(S/C=C\N(S(=O)(=O)c2ccccc2)S(=O)(=O)c2ccccc2)cc1. The summed E-state index contributed by atoms with van der Waals surface area (Å²) in [5.74, 6) is 0.684. The van der Waals surface area contributed by atoms with Crippen molar-refractivity contribution in [2.75, 3.05) is 7.11 Å². The summed E-state index contributed by atoms with van der Waals surface area (Å²) in [6.45, 7) is 0. The van der Waals surface area contributed by atoms with Gasteiger partial charge in [0.1, 0.15) is 5.75 Å². The van der Waals surface area contributed by atoms with Crippen molar-refractivity contribution in [3.63, 3.8) is 0 Å². The van der Waals surface area contributed by atoms with Crippen LogP contribution in [0.25, 0.3) is 0 Å². The van der Waals surface area contributed by atoms with E-state index in [1.807, 2.05) is 0 Å². The van der Waals surface area contributed by atoms with Crippen molar-refractivity contribution in [2.24, 2.45) is 0 Å². The minimum atomic E-state index is -4.35. The van der Waals surface area contributed by atoms with E-state index in [4.69, 9.17) is 4.74 Å². The molecule has 0 aliphatic carbocycles. The quantitative estimate of drug-likeness (QED) is 0.464. The number of nitrogens with zero attached hydrogens (tertiary/aromatic N) is 1. The number of methoxy groups -OCH3 is 1. The van der Waals surface area contributed by atoms with E-state index in [-0.39, 0.29) is 9.79 Å². The number of sulfonamides is 2. The first-order valence-corrected chi connectivity index (χ1v) is 12.5. The first-order valence-electron chi connectivity index (χ1n) is 8.73. The van der Waals surface area contributed by atoms with Gasteiger partial charge in [0.25, 0.3) is 20.0 Å². The van der Waals surface area contributed by atoms with Gasteiger partial charge < -0.3 is 4.74 Å². The highest BCUT2D eigenvalue weighted by atomic mass is 32.3. The lowest BCUT2D eigenvalue weighted by molar-refractivity contribution is 0.414. The number of rotatable bonds is 8. The van der Waals surface area contributed by atoms with Crippen LogP contribution in [0, 0.1) is 0 Å². The van der Waals surface area contributed by atoms with Crippen molar-refractivity contribution in [1.82, 2.24) is 3.71 Å². The molecule has 0 aliphatic heterocycles. The summed E-state index contributed by atoms with van der Waals surface area (Å²) >= 11 is 1.18. The van der Waals surface area contributed by atoms with E-state index in [1.165, 1.54) is 65.7 Å². The van der Waals surface area contributed by atoms with E-state index in [0.717, 1.165) is 11.1 Å². The zero-order valence-electron chi connectivity index (χ0n) is 16.0. The van der Waals surface area contributed by atoms with Gasteiger partial charge in [-0.15, -0.1) is 0 Å². The van der Waals surface area contributed by atoms with Gasteiger partial charge in [0.05, 0.1) is 16.9 Å². The van der Waals surface area contributed by atoms with Gasteiger partial charge in [0.15, 0.2) is 0 Å². The monoisotopic (exact) mass is 461 g/mol. The summed E-state index contributed by atoms with van der Waals surface area (Å²) in [5, 5.41) is 1.42. The number of ether oxygens (including phenoxy) is 1. The van der Waals surface area contributed by atoms with E-state index >= 15 is 0 Å². The van der Waals surface area contributed by atoms with Crippen LogP contribution in [-0.4, -0.2) is 27.7 Å². The molecule has 0 aromatic heterocycles. The van der Waals surface area contributed by atoms with Gasteiger partial charge in [0.2, 0.25) is 0 Å². The molecule has 0 aliphatic rings. The smallest absolute Gasteiger partial charge is 0.277 e. The van der Waals surface area contributed by atoms with Crippen LogP contribution in [0.4, 0.5) is 0 Å². The van der Waals surface area contributed by atoms with Crippen molar-refractivity contribution in [3.8, 4) is 5.75 Å². The Labute approximate surface area is 180 Å². The van der Waals surface area contributed by atoms with Crippen LogP contribution in [0.2, 0.25) is 0 Å². The van der Waals surface area contributed by atoms with Gasteiger partial charge in [-0.25, -0.2) is 16.8 Å². The Morgan fingerprint density at radius 2 is 1.20 bits per heavy atom. The van der Waals surface area contributed by atoms with Gasteiger partial charge in [-0.2, -0.15) is 3.71 Å². The Kier molecular flexibility index (Phi) is 6.86. The molecule has 0 N–H and O–H groups in total. The number of hydrogen-bond acceptors (Lipinski definition) is 6. The Hall–Kier alpha value is -2.75. The van der Waals surface area contributed by atoms with Crippen molar-refractivity contribution >= 4 is 31.8 Å². The second kappa shape index (κ2) is 9.38. The summed E-state index contributed by atoms with van der Waals surface area (Å²) in [4.78, 5) is 0.549. The minimum absolute atomic E-state index is 0.122. The van der Waals surface area contributed by atoms with Crippen LogP contribution in [0.15, 0.2) is 111 Å². The second-order valence-corrected chi connectivity index (χ2v) is 10.8. The van der Waals surface area contributed by atoms with E-state index in [0.29, 0.717) is 9.46 Å². The molecule has 0 unspecified atom stereocenters. The number of hydrogen-bond donors (Lipinski definition) is 0. The lowest BCUT2D eigenvalue weighted by atomic mass is 10.3. The molecule has 3 aromatic carbocycles. The molecule has 0 saturated carbocycles. The highest BCUT2D eigenvalue weighted by molar-refractivity contribution is 8.04. The molecule has 9 heteroatoms. The molecule has 6 nitrogen and oxygen atoms in total. The molecular formula is C21H19NO5S3. The molecule has 0 radical (unpaired) electrons. The standard InChI is InChI=1S/C21H19NO5S3/c1-27-18-12-14-19(15-13-18)28-17-16-22(29(23,24)20-8-4-2-5-9-20)30(25,26)21-10-6-3-7-11-21/h2-17H,1H3/b17-16-. The molecule has 0 saturated heterocycles. The lowest BCUT2D eigenvalue weighted by Gasteiger charge is -2.20. The van der Waals surface area contributed by atoms with Crippen LogP contribution in [0.1, 0.15) is 0 Å². The predicted molar refractivity (Wildman–Crippen MR) is 117 cm³/mol. The maximum absolute atomic E-state index is 13.1. The Morgan fingerprint density at radius 3 is 1.63 bits per heavy atom. The van der Waals surface area contributed by atoms with Gasteiger partial charge in [0, 0.05) is 11.1 Å². The molecule has 156 valence electrons. The molecule has 0 fully saturated rings. The highest BCUT2D eigenvalue weighted by Crippen LogP contribution is 2.27. The summed E-state index contributed by atoms with van der Waals surface area (Å²) in [6, 6.07) is 22.0. The van der Waals surface area contributed by atoms with E-state index in [9.17, 15) is 16.8 Å². The third-order valence-electron chi connectivity index (χ3n) is 4.00. The maximum atomic E-state index is 13.1. The van der Waals surface area contributed by atoms with E-state index < -0.39 is 20.0 Å². The maximum Gasteiger partial charge on any atom is 0.277 e. The first-order chi connectivity index (χ1) is 14.4. The zero-order valence-corrected chi connectivity index (χ0v) is 18.4. The fraction of sp³-hybridized carbons (Fsp3) is 0.0476. The van der Waals surface area contributed by atoms with Crippen LogP contribution >= 0.6 is 11.8 Å². The number of thioether (sulfide) groups is 1. The van der Waals surface area contributed by atoms with E-state index in [1.54, 1.807) is 43.5 Å². The Morgan fingerprint density at radius 1 is 0.733 bits per heavy atom. The first kappa shape index (κ1) is 21.9. The minimum Gasteiger partial charge on any atom is -0.497 e. The molecule has 0 atom stereocenters. The predicted octanol–water partition coefficient (Wildman–Crippen LogP) is 4.34. The normalized spacial score (nSPS) is 12.0. The molecule has 3 rings (SSSR count). The fourth-order valence-electron chi connectivity index (χ4n) is 2.50. The molecule has 30 heavy (non-hydrogen) atoms. The van der Waals surface area contributed by atoms with Crippen LogP contribution in [-0.2, 0) is 20.0 Å². The fourth-order valence-corrected chi connectivity index (χ4v) is 6.69. The van der Waals surface area contributed by atoms with Crippen LogP contribution in [0.5, 0.6) is 5.75 Å². The van der Waals surface area contributed by atoms with Gasteiger partial charge >= 0.3 is 0 Å². The largest absolute Gasteiger partial charge is 0.497 e. The van der Waals surface area contributed by atoms with E-state index in [2.05, 4.69) is 0 Å². The third kappa shape index (κ3) is 4.86. The molecular weight excluding hydrogens is 442 g/mol. The zero-order chi connectivity index (χ0) is 21.6. The second-order valence-electron chi connectivity index (χ2n) is 5.94.